The van der Waals surface area contributed by atoms with Crippen LogP contribution in [-0.4, -0.2) is 52.1 Å². The molecule has 1 saturated heterocycles. The number of hydrogen-bond donors (Lipinski definition) is 1. The molecule has 1 fully saturated rings. The lowest BCUT2D eigenvalue weighted by Gasteiger charge is -2.17. The van der Waals surface area contributed by atoms with Crippen molar-refractivity contribution in [2.24, 2.45) is 0 Å². The molecule has 38 heavy (non-hydrogen) atoms. The fraction of sp³-hybridized carbons (Fsp3) is 0.207. The lowest BCUT2D eigenvalue weighted by molar-refractivity contribution is 0.0475. The third kappa shape index (κ3) is 4.48. The lowest BCUT2D eigenvalue weighted by atomic mass is 10.1. The maximum Gasteiger partial charge on any atom is 0.261 e. The van der Waals surface area contributed by atoms with E-state index in [4.69, 9.17) is 9.15 Å². The highest BCUT2D eigenvalue weighted by Gasteiger charge is 2.38. The standard InChI is InChI=1S/C29H24N4O5/c1-17-7-9-18(10-8-17)26-31-32-27(38-26)20-4-2-5-21(14-20)30-25(34)19-11-12-23-24(15-19)29(36)33(28(23)35)16-22-6-3-13-37-22/h2,4-5,7-12,14-15,22H,3,6,13,16H2,1H3,(H,30,34). The second-order valence-electron chi connectivity index (χ2n) is 9.43. The van der Waals surface area contributed by atoms with Crippen LogP contribution >= 0.6 is 0 Å². The molecule has 3 amide bonds. The Balaban J connectivity index is 1.18. The molecule has 1 atom stereocenters. The molecule has 2 aliphatic heterocycles. The van der Waals surface area contributed by atoms with E-state index in [-0.39, 0.29) is 29.7 Å². The van der Waals surface area contributed by atoms with Gasteiger partial charge in [0.2, 0.25) is 11.8 Å². The third-order valence-electron chi connectivity index (χ3n) is 6.73. The molecule has 3 aromatic carbocycles. The Kier molecular flexibility index (Phi) is 6.05. The van der Waals surface area contributed by atoms with Gasteiger partial charge in [0.15, 0.2) is 0 Å². The number of imide groups is 1. The highest BCUT2D eigenvalue weighted by molar-refractivity contribution is 6.22. The van der Waals surface area contributed by atoms with Crippen molar-refractivity contribution in [3.8, 4) is 22.9 Å². The Labute approximate surface area is 218 Å². The average molecular weight is 509 g/mol. The van der Waals surface area contributed by atoms with E-state index in [0.29, 0.717) is 35.2 Å². The Morgan fingerprint density at radius 2 is 1.71 bits per heavy atom. The summed E-state index contributed by atoms with van der Waals surface area (Å²) in [5.41, 5.74) is 3.91. The van der Waals surface area contributed by atoms with Gasteiger partial charge in [-0.15, -0.1) is 10.2 Å². The van der Waals surface area contributed by atoms with E-state index in [1.807, 2.05) is 37.3 Å². The number of anilines is 1. The zero-order chi connectivity index (χ0) is 26.2. The first-order chi connectivity index (χ1) is 18.5. The molecule has 1 N–H and O–H groups in total. The second-order valence-corrected chi connectivity index (χ2v) is 9.43. The van der Waals surface area contributed by atoms with Crippen LogP contribution in [0.3, 0.4) is 0 Å². The molecule has 0 aliphatic carbocycles. The highest BCUT2D eigenvalue weighted by Crippen LogP contribution is 2.28. The highest BCUT2D eigenvalue weighted by atomic mass is 16.5. The molecule has 1 unspecified atom stereocenters. The predicted molar refractivity (Wildman–Crippen MR) is 139 cm³/mol. The van der Waals surface area contributed by atoms with Crippen LogP contribution in [0, 0.1) is 6.92 Å². The van der Waals surface area contributed by atoms with E-state index in [1.165, 1.54) is 17.0 Å². The number of aromatic nitrogens is 2. The number of carbonyl (C=O) groups is 3. The van der Waals surface area contributed by atoms with Gasteiger partial charge in [0.1, 0.15) is 0 Å². The molecule has 9 nitrogen and oxygen atoms in total. The Hall–Kier alpha value is -4.63. The van der Waals surface area contributed by atoms with Gasteiger partial charge in [-0.2, -0.15) is 0 Å². The summed E-state index contributed by atoms with van der Waals surface area (Å²) in [5, 5.41) is 11.1. The van der Waals surface area contributed by atoms with Gasteiger partial charge in [0.25, 0.3) is 17.7 Å². The van der Waals surface area contributed by atoms with E-state index in [2.05, 4.69) is 15.5 Å². The van der Waals surface area contributed by atoms with Crippen LogP contribution in [0.1, 0.15) is 49.5 Å². The number of rotatable bonds is 6. The van der Waals surface area contributed by atoms with Crippen molar-refractivity contribution in [3.63, 3.8) is 0 Å². The van der Waals surface area contributed by atoms with Crippen molar-refractivity contribution in [1.82, 2.24) is 15.1 Å². The second kappa shape index (κ2) is 9.68. The minimum absolute atomic E-state index is 0.140. The van der Waals surface area contributed by atoms with Gasteiger partial charge in [-0.1, -0.05) is 23.8 Å². The quantitative estimate of drug-likeness (QED) is 0.374. The summed E-state index contributed by atoms with van der Waals surface area (Å²) in [5.74, 6) is -0.443. The maximum absolute atomic E-state index is 13.0. The van der Waals surface area contributed by atoms with Gasteiger partial charge in [0, 0.05) is 29.0 Å². The van der Waals surface area contributed by atoms with Crippen molar-refractivity contribution >= 4 is 23.4 Å². The SMILES string of the molecule is Cc1ccc(-c2nnc(-c3cccc(NC(=O)c4ccc5c(c4)C(=O)N(CC4CCCO4)C5=O)c3)o2)cc1. The minimum Gasteiger partial charge on any atom is -0.416 e. The number of benzene rings is 3. The van der Waals surface area contributed by atoms with Gasteiger partial charge in [-0.05, 0) is 68.3 Å². The fourth-order valence-electron chi connectivity index (χ4n) is 4.68. The summed E-state index contributed by atoms with van der Waals surface area (Å²) in [6.45, 7) is 2.87. The molecule has 6 rings (SSSR count). The van der Waals surface area contributed by atoms with Crippen LogP contribution in [0.5, 0.6) is 0 Å². The lowest BCUT2D eigenvalue weighted by Crippen LogP contribution is -2.36. The topological polar surface area (TPSA) is 115 Å². The molecule has 190 valence electrons. The zero-order valence-corrected chi connectivity index (χ0v) is 20.6. The van der Waals surface area contributed by atoms with Crippen LogP contribution in [0.2, 0.25) is 0 Å². The number of ether oxygens (including phenoxy) is 1. The number of fused-ring (bicyclic) bond motifs is 1. The summed E-state index contributed by atoms with van der Waals surface area (Å²) in [7, 11) is 0. The first-order valence-electron chi connectivity index (χ1n) is 12.4. The summed E-state index contributed by atoms with van der Waals surface area (Å²) >= 11 is 0. The van der Waals surface area contributed by atoms with E-state index in [1.54, 1.807) is 24.3 Å². The number of amides is 3. The molecule has 3 heterocycles. The third-order valence-corrected chi connectivity index (χ3v) is 6.73. The van der Waals surface area contributed by atoms with Crippen molar-refractivity contribution in [2.75, 3.05) is 18.5 Å². The van der Waals surface area contributed by atoms with Crippen LogP contribution in [0.4, 0.5) is 5.69 Å². The first kappa shape index (κ1) is 23.7. The van der Waals surface area contributed by atoms with Crippen molar-refractivity contribution in [1.29, 1.82) is 0 Å². The molecule has 0 bridgehead atoms. The monoisotopic (exact) mass is 508 g/mol. The molecule has 2 aliphatic rings. The molecule has 0 radical (unpaired) electrons. The molecular formula is C29H24N4O5. The normalized spacial score (nSPS) is 16.7. The zero-order valence-electron chi connectivity index (χ0n) is 20.6. The van der Waals surface area contributed by atoms with Gasteiger partial charge >= 0.3 is 0 Å². The van der Waals surface area contributed by atoms with Crippen LogP contribution in [0.25, 0.3) is 22.9 Å². The average Bonchev–Trinajstić information content (AvgIpc) is 3.68. The number of carbonyl (C=O) groups excluding carboxylic acids is 3. The number of nitrogens with one attached hydrogen (secondary N) is 1. The van der Waals surface area contributed by atoms with Crippen LogP contribution in [0.15, 0.2) is 71.1 Å². The van der Waals surface area contributed by atoms with Gasteiger partial charge in [0.05, 0.1) is 23.8 Å². The molecule has 1 aromatic heterocycles. The number of aryl methyl sites for hydroxylation is 1. The number of hydrogen-bond acceptors (Lipinski definition) is 7. The predicted octanol–water partition coefficient (Wildman–Crippen LogP) is 4.74. The van der Waals surface area contributed by atoms with Crippen molar-refractivity contribution in [3.05, 3.63) is 89.0 Å². The van der Waals surface area contributed by atoms with Crippen LogP contribution in [-0.2, 0) is 4.74 Å². The first-order valence-corrected chi connectivity index (χ1v) is 12.4. The Morgan fingerprint density at radius 3 is 2.47 bits per heavy atom. The molecule has 0 saturated carbocycles. The van der Waals surface area contributed by atoms with Crippen molar-refractivity contribution < 1.29 is 23.5 Å². The molecular weight excluding hydrogens is 484 g/mol. The van der Waals surface area contributed by atoms with Gasteiger partial charge in [-0.3, -0.25) is 19.3 Å². The van der Waals surface area contributed by atoms with E-state index < -0.39 is 11.8 Å². The fourth-order valence-corrected chi connectivity index (χ4v) is 4.68. The van der Waals surface area contributed by atoms with Crippen molar-refractivity contribution in [2.45, 2.75) is 25.9 Å². The van der Waals surface area contributed by atoms with Gasteiger partial charge < -0.3 is 14.5 Å². The van der Waals surface area contributed by atoms with Gasteiger partial charge in [-0.25, -0.2) is 0 Å². The van der Waals surface area contributed by atoms with Crippen LogP contribution < -0.4 is 5.32 Å². The van der Waals surface area contributed by atoms with E-state index in [9.17, 15) is 14.4 Å². The number of nitrogens with zero attached hydrogens (tertiary/aromatic N) is 3. The maximum atomic E-state index is 13.0. The summed E-state index contributed by atoms with van der Waals surface area (Å²) in [6, 6.07) is 19.4. The van der Waals surface area contributed by atoms with E-state index in [0.717, 1.165) is 24.0 Å². The summed E-state index contributed by atoms with van der Waals surface area (Å²) in [6.07, 6.45) is 1.59. The van der Waals surface area contributed by atoms with E-state index >= 15 is 0 Å². The Bertz CT molecular complexity index is 1550. The molecule has 0 spiro atoms. The molecule has 4 aromatic rings. The Morgan fingerprint density at radius 1 is 0.947 bits per heavy atom. The molecule has 9 heteroatoms. The summed E-state index contributed by atoms with van der Waals surface area (Å²) < 4.78 is 11.4. The smallest absolute Gasteiger partial charge is 0.261 e. The summed E-state index contributed by atoms with van der Waals surface area (Å²) in [4.78, 5) is 40.0. The minimum atomic E-state index is -0.409. The largest absolute Gasteiger partial charge is 0.416 e.